The molecule has 0 aromatic heterocycles. The average molecular weight is 486 g/mol. The van der Waals surface area contributed by atoms with Crippen molar-refractivity contribution in [2.24, 2.45) is 0 Å². The van der Waals surface area contributed by atoms with Crippen LogP contribution < -0.4 is 0 Å². The van der Waals surface area contributed by atoms with Crippen LogP contribution in [0.3, 0.4) is 0 Å². The van der Waals surface area contributed by atoms with Gasteiger partial charge in [-0.1, -0.05) is 42.5 Å². The molecule has 1 aliphatic heterocycles. The standard InChI is InChI=1S/C26H22F4N2O3/c27-20-10-4-8-18(23(20)29)25(33)32-14-12-31(13-15-32)16-22(17-6-2-1-3-7-17)35-26(34)19-9-5-11-21(28)24(19)30/h1-11,22H,12-16H2/t22-/m0/s1. The fraction of sp³-hybridized carbons (Fsp3) is 0.231. The maximum atomic E-state index is 14.1. The van der Waals surface area contributed by atoms with Gasteiger partial charge in [-0.3, -0.25) is 9.69 Å². The van der Waals surface area contributed by atoms with E-state index in [1.807, 2.05) is 4.90 Å². The number of hydrogen-bond donors (Lipinski definition) is 0. The monoisotopic (exact) mass is 486 g/mol. The molecular weight excluding hydrogens is 464 g/mol. The number of amides is 1. The number of hydrogen-bond acceptors (Lipinski definition) is 4. The molecule has 4 rings (SSSR count). The van der Waals surface area contributed by atoms with Gasteiger partial charge in [0.1, 0.15) is 6.10 Å². The Kier molecular flexibility index (Phi) is 7.45. The van der Waals surface area contributed by atoms with Crippen LogP contribution in [0.5, 0.6) is 0 Å². The van der Waals surface area contributed by atoms with E-state index in [0.717, 1.165) is 18.2 Å². The minimum absolute atomic E-state index is 0.239. The highest BCUT2D eigenvalue weighted by Crippen LogP contribution is 2.23. The molecule has 1 fully saturated rings. The van der Waals surface area contributed by atoms with E-state index in [4.69, 9.17) is 4.74 Å². The van der Waals surface area contributed by atoms with Gasteiger partial charge in [0.2, 0.25) is 0 Å². The van der Waals surface area contributed by atoms with Crippen molar-refractivity contribution in [3.63, 3.8) is 0 Å². The van der Waals surface area contributed by atoms with Gasteiger partial charge in [-0.05, 0) is 29.8 Å². The first kappa shape index (κ1) is 24.4. The van der Waals surface area contributed by atoms with Gasteiger partial charge in [0.25, 0.3) is 5.91 Å². The van der Waals surface area contributed by atoms with E-state index in [-0.39, 0.29) is 25.2 Å². The molecule has 5 nitrogen and oxygen atoms in total. The second-order valence-electron chi connectivity index (χ2n) is 8.10. The van der Waals surface area contributed by atoms with Gasteiger partial charge in [-0.15, -0.1) is 0 Å². The van der Waals surface area contributed by atoms with Crippen LogP contribution in [0, 0.1) is 23.3 Å². The van der Waals surface area contributed by atoms with Gasteiger partial charge >= 0.3 is 5.97 Å². The normalized spacial score (nSPS) is 15.0. The number of carbonyl (C=O) groups is 2. The third kappa shape index (κ3) is 5.51. The van der Waals surface area contributed by atoms with Crippen molar-refractivity contribution in [2.45, 2.75) is 6.10 Å². The highest BCUT2D eigenvalue weighted by atomic mass is 19.2. The lowest BCUT2D eigenvalue weighted by atomic mass is 10.1. The molecule has 1 aliphatic rings. The number of rotatable bonds is 6. The van der Waals surface area contributed by atoms with E-state index in [2.05, 4.69) is 0 Å². The van der Waals surface area contributed by atoms with Crippen LogP contribution in [0.15, 0.2) is 66.7 Å². The second-order valence-corrected chi connectivity index (χ2v) is 8.10. The quantitative estimate of drug-likeness (QED) is 0.378. The number of nitrogens with zero attached hydrogens (tertiary/aromatic N) is 2. The van der Waals surface area contributed by atoms with Crippen LogP contribution >= 0.6 is 0 Å². The highest BCUT2D eigenvalue weighted by molar-refractivity contribution is 5.94. The predicted octanol–water partition coefficient (Wildman–Crippen LogP) is 4.60. The predicted molar refractivity (Wildman–Crippen MR) is 120 cm³/mol. The number of benzene rings is 3. The summed E-state index contributed by atoms with van der Waals surface area (Å²) >= 11 is 0. The Labute approximate surface area is 199 Å². The van der Waals surface area contributed by atoms with Crippen molar-refractivity contribution in [3.8, 4) is 0 Å². The molecule has 35 heavy (non-hydrogen) atoms. The zero-order chi connectivity index (χ0) is 24.9. The smallest absolute Gasteiger partial charge is 0.341 e. The SMILES string of the molecule is O=C(O[C@@H](CN1CCN(C(=O)c2cccc(F)c2F)CC1)c1ccccc1)c1cccc(F)c1F. The van der Waals surface area contributed by atoms with Crippen molar-refractivity contribution in [1.29, 1.82) is 0 Å². The zero-order valence-electron chi connectivity index (χ0n) is 18.6. The van der Waals surface area contributed by atoms with E-state index >= 15 is 0 Å². The Balaban J connectivity index is 1.44. The summed E-state index contributed by atoms with van der Waals surface area (Å²) in [6.45, 7) is 1.52. The number of carbonyl (C=O) groups excluding carboxylic acids is 2. The van der Waals surface area contributed by atoms with Crippen LogP contribution in [0.2, 0.25) is 0 Å². The van der Waals surface area contributed by atoms with Crippen LogP contribution in [-0.4, -0.2) is 54.4 Å². The number of halogens is 4. The molecule has 1 atom stereocenters. The molecule has 0 unspecified atom stereocenters. The summed E-state index contributed by atoms with van der Waals surface area (Å²) in [6, 6.07) is 15.6. The average Bonchev–Trinajstić information content (AvgIpc) is 2.87. The molecule has 1 saturated heterocycles. The molecule has 0 spiro atoms. The van der Waals surface area contributed by atoms with Crippen molar-refractivity contribution in [3.05, 3.63) is 107 Å². The Hall–Kier alpha value is -3.72. The lowest BCUT2D eigenvalue weighted by Crippen LogP contribution is -2.50. The van der Waals surface area contributed by atoms with Gasteiger partial charge in [-0.2, -0.15) is 0 Å². The fourth-order valence-corrected chi connectivity index (χ4v) is 3.94. The van der Waals surface area contributed by atoms with Crippen molar-refractivity contribution in [2.75, 3.05) is 32.7 Å². The van der Waals surface area contributed by atoms with E-state index in [0.29, 0.717) is 18.7 Å². The maximum absolute atomic E-state index is 14.1. The van der Waals surface area contributed by atoms with Crippen LogP contribution in [-0.2, 0) is 4.74 Å². The van der Waals surface area contributed by atoms with Crippen molar-refractivity contribution >= 4 is 11.9 Å². The number of ether oxygens (including phenoxy) is 1. The minimum atomic E-state index is -1.28. The van der Waals surface area contributed by atoms with Gasteiger partial charge in [0.15, 0.2) is 23.3 Å². The molecule has 3 aromatic carbocycles. The van der Waals surface area contributed by atoms with E-state index < -0.39 is 46.8 Å². The first-order valence-electron chi connectivity index (χ1n) is 11.0. The summed E-state index contributed by atoms with van der Waals surface area (Å²) in [5, 5.41) is 0. The molecular formula is C26H22F4N2O3. The Morgan fingerprint density at radius 3 is 1.94 bits per heavy atom. The molecule has 0 aliphatic carbocycles. The summed E-state index contributed by atoms with van der Waals surface area (Å²) in [5.41, 5.74) is -0.164. The number of piperazine rings is 1. The minimum Gasteiger partial charge on any atom is -0.452 e. The third-order valence-electron chi connectivity index (χ3n) is 5.86. The summed E-state index contributed by atoms with van der Waals surface area (Å²) in [7, 11) is 0. The molecule has 9 heteroatoms. The first-order valence-corrected chi connectivity index (χ1v) is 11.0. The van der Waals surface area contributed by atoms with Crippen molar-refractivity contribution in [1.82, 2.24) is 9.80 Å². The van der Waals surface area contributed by atoms with E-state index in [1.54, 1.807) is 30.3 Å². The maximum Gasteiger partial charge on any atom is 0.341 e. The lowest BCUT2D eigenvalue weighted by Gasteiger charge is -2.36. The Bertz CT molecular complexity index is 1210. The molecule has 1 heterocycles. The molecule has 182 valence electrons. The Morgan fingerprint density at radius 1 is 0.743 bits per heavy atom. The van der Waals surface area contributed by atoms with Gasteiger partial charge in [0, 0.05) is 32.7 Å². The summed E-state index contributed by atoms with van der Waals surface area (Å²) in [6.07, 6.45) is -0.783. The third-order valence-corrected chi connectivity index (χ3v) is 5.86. The summed E-state index contributed by atoms with van der Waals surface area (Å²) in [5.74, 6) is -6.29. The number of esters is 1. The topological polar surface area (TPSA) is 49.9 Å². The van der Waals surface area contributed by atoms with Gasteiger partial charge in [0.05, 0.1) is 11.1 Å². The largest absolute Gasteiger partial charge is 0.452 e. The molecule has 0 bridgehead atoms. The van der Waals surface area contributed by atoms with Gasteiger partial charge < -0.3 is 9.64 Å². The van der Waals surface area contributed by atoms with E-state index in [1.165, 1.54) is 23.1 Å². The Morgan fingerprint density at radius 2 is 1.31 bits per heavy atom. The van der Waals surface area contributed by atoms with Crippen LogP contribution in [0.25, 0.3) is 0 Å². The van der Waals surface area contributed by atoms with E-state index in [9.17, 15) is 27.2 Å². The van der Waals surface area contributed by atoms with Crippen LogP contribution in [0.1, 0.15) is 32.4 Å². The van der Waals surface area contributed by atoms with Crippen LogP contribution in [0.4, 0.5) is 17.6 Å². The second kappa shape index (κ2) is 10.7. The summed E-state index contributed by atoms with van der Waals surface area (Å²) < 4.78 is 60.8. The zero-order valence-corrected chi connectivity index (χ0v) is 18.6. The fourth-order valence-electron chi connectivity index (χ4n) is 3.94. The molecule has 0 N–H and O–H groups in total. The molecule has 0 saturated carbocycles. The molecule has 0 radical (unpaired) electrons. The van der Waals surface area contributed by atoms with Gasteiger partial charge in [-0.25, -0.2) is 22.4 Å². The lowest BCUT2D eigenvalue weighted by molar-refractivity contribution is 0.0134. The van der Waals surface area contributed by atoms with Crippen molar-refractivity contribution < 1.29 is 31.9 Å². The highest BCUT2D eigenvalue weighted by Gasteiger charge is 2.28. The molecule has 1 amide bonds. The first-order chi connectivity index (χ1) is 16.8. The summed E-state index contributed by atoms with van der Waals surface area (Å²) in [4.78, 5) is 28.7. The molecule has 3 aromatic rings.